The van der Waals surface area contributed by atoms with Gasteiger partial charge >= 0.3 is 0 Å². The van der Waals surface area contributed by atoms with Crippen LogP contribution >= 0.6 is 0 Å². The van der Waals surface area contributed by atoms with Crippen LogP contribution in [0.15, 0.2) is 4.52 Å². The summed E-state index contributed by atoms with van der Waals surface area (Å²) in [4.78, 5) is 6.70. The Kier molecular flexibility index (Phi) is 3.79. The molecule has 0 atom stereocenters. The second-order valence-electron chi connectivity index (χ2n) is 4.84. The minimum atomic E-state index is -0.342. The summed E-state index contributed by atoms with van der Waals surface area (Å²) in [6, 6.07) is 0. The molecule has 2 N–H and O–H groups in total. The Labute approximate surface area is 102 Å². The third-order valence-electron chi connectivity index (χ3n) is 3.66. The molecule has 0 unspecified atom stereocenters. The first-order valence-corrected chi connectivity index (χ1v) is 6.52. The molecule has 0 radical (unpaired) electrons. The largest absolute Gasteiger partial charge is 0.338 e. The van der Waals surface area contributed by atoms with Crippen LogP contribution in [0.4, 0.5) is 0 Å². The van der Waals surface area contributed by atoms with Crippen LogP contribution in [-0.2, 0) is 12.1 Å². The average Bonchev–Trinajstić information content (AvgIpc) is 2.95. The van der Waals surface area contributed by atoms with Gasteiger partial charge in [0, 0.05) is 0 Å². The summed E-state index contributed by atoms with van der Waals surface area (Å²) in [5.41, 5.74) is 5.95. The van der Waals surface area contributed by atoms with Crippen LogP contribution in [0, 0.1) is 0 Å². The summed E-state index contributed by atoms with van der Waals surface area (Å²) in [7, 11) is 0. The SMILES string of the molecule is CCN(CC)Cc1nc(C2(N)CCCC2)no1. The topological polar surface area (TPSA) is 68.2 Å². The Balaban J connectivity index is 2.05. The first kappa shape index (κ1) is 12.5. The molecule has 96 valence electrons. The van der Waals surface area contributed by atoms with Crippen molar-refractivity contribution in [3.05, 3.63) is 11.7 Å². The van der Waals surface area contributed by atoms with E-state index < -0.39 is 0 Å². The molecular weight excluding hydrogens is 216 g/mol. The lowest BCUT2D eigenvalue weighted by Crippen LogP contribution is -2.34. The van der Waals surface area contributed by atoms with Crippen molar-refractivity contribution < 1.29 is 4.52 Å². The Morgan fingerprint density at radius 3 is 2.53 bits per heavy atom. The smallest absolute Gasteiger partial charge is 0.240 e. The normalized spacial score (nSPS) is 19.1. The van der Waals surface area contributed by atoms with Crippen LogP contribution in [0.25, 0.3) is 0 Å². The van der Waals surface area contributed by atoms with Crippen molar-refractivity contribution in [2.45, 2.75) is 51.6 Å². The second kappa shape index (κ2) is 5.14. The van der Waals surface area contributed by atoms with E-state index in [0.717, 1.165) is 45.3 Å². The van der Waals surface area contributed by atoms with Gasteiger partial charge in [0.1, 0.15) is 0 Å². The predicted molar refractivity (Wildman–Crippen MR) is 65.3 cm³/mol. The molecule has 1 fully saturated rings. The summed E-state index contributed by atoms with van der Waals surface area (Å²) in [5, 5.41) is 4.05. The second-order valence-corrected chi connectivity index (χ2v) is 4.84. The summed E-state index contributed by atoms with van der Waals surface area (Å²) in [6.45, 7) is 6.95. The van der Waals surface area contributed by atoms with Crippen molar-refractivity contribution in [2.75, 3.05) is 13.1 Å². The molecule has 1 aromatic heterocycles. The highest BCUT2D eigenvalue weighted by Crippen LogP contribution is 2.34. The molecule has 0 saturated heterocycles. The minimum Gasteiger partial charge on any atom is -0.338 e. The molecule has 5 heteroatoms. The Morgan fingerprint density at radius 2 is 1.94 bits per heavy atom. The Bertz CT molecular complexity index is 353. The van der Waals surface area contributed by atoms with Crippen molar-refractivity contribution in [1.82, 2.24) is 15.0 Å². The molecule has 1 saturated carbocycles. The van der Waals surface area contributed by atoms with E-state index in [4.69, 9.17) is 10.3 Å². The molecule has 17 heavy (non-hydrogen) atoms. The number of nitrogens with zero attached hydrogens (tertiary/aromatic N) is 3. The van der Waals surface area contributed by atoms with Crippen LogP contribution in [0.3, 0.4) is 0 Å². The summed E-state index contributed by atoms with van der Waals surface area (Å²) < 4.78 is 5.29. The lowest BCUT2D eigenvalue weighted by atomic mass is 9.99. The quantitative estimate of drug-likeness (QED) is 0.844. The summed E-state index contributed by atoms with van der Waals surface area (Å²) in [6.07, 6.45) is 4.27. The van der Waals surface area contributed by atoms with Gasteiger partial charge in [-0.3, -0.25) is 4.90 Å². The zero-order chi connectivity index (χ0) is 12.3. The van der Waals surface area contributed by atoms with E-state index in [1.54, 1.807) is 0 Å². The molecule has 0 bridgehead atoms. The highest BCUT2D eigenvalue weighted by Gasteiger charge is 2.35. The van der Waals surface area contributed by atoms with Crippen molar-refractivity contribution in [3.8, 4) is 0 Å². The van der Waals surface area contributed by atoms with Gasteiger partial charge in [-0.05, 0) is 25.9 Å². The lowest BCUT2D eigenvalue weighted by Gasteiger charge is -2.18. The van der Waals surface area contributed by atoms with E-state index in [2.05, 4.69) is 28.9 Å². The van der Waals surface area contributed by atoms with Gasteiger partial charge in [0.05, 0.1) is 12.1 Å². The van der Waals surface area contributed by atoms with Crippen LogP contribution in [0.1, 0.15) is 51.2 Å². The first-order valence-electron chi connectivity index (χ1n) is 6.52. The van der Waals surface area contributed by atoms with Gasteiger partial charge in [-0.25, -0.2) is 0 Å². The standard InChI is InChI=1S/C12H22N4O/c1-3-16(4-2)9-10-14-11(15-17-10)12(13)7-5-6-8-12/h3-9,13H2,1-2H3. The molecule has 2 rings (SSSR count). The molecule has 1 aromatic rings. The third-order valence-corrected chi connectivity index (χ3v) is 3.66. The Morgan fingerprint density at radius 1 is 1.29 bits per heavy atom. The Hall–Kier alpha value is -0.940. The van der Waals surface area contributed by atoms with Gasteiger partial charge in [-0.2, -0.15) is 4.98 Å². The number of rotatable bonds is 5. The van der Waals surface area contributed by atoms with E-state index in [9.17, 15) is 0 Å². The van der Waals surface area contributed by atoms with E-state index in [0.29, 0.717) is 11.7 Å². The van der Waals surface area contributed by atoms with Crippen LogP contribution < -0.4 is 5.73 Å². The fraction of sp³-hybridized carbons (Fsp3) is 0.833. The average molecular weight is 238 g/mol. The van der Waals surface area contributed by atoms with Crippen molar-refractivity contribution in [1.29, 1.82) is 0 Å². The van der Waals surface area contributed by atoms with E-state index in [1.807, 2.05) is 0 Å². The van der Waals surface area contributed by atoms with Crippen molar-refractivity contribution >= 4 is 0 Å². The maximum Gasteiger partial charge on any atom is 0.240 e. The van der Waals surface area contributed by atoms with Gasteiger partial charge in [-0.1, -0.05) is 31.8 Å². The zero-order valence-electron chi connectivity index (χ0n) is 10.8. The summed E-state index contributed by atoms with van der Waals surface area (Å²) >= 11 is 0. The molecule has 0 amide bonds. The van der Waals surface area contributed by atoms with E-state index >= 15 is 0 Å². The van der Waals surface area contributed by atoms with Gasteiger partial charge in [0.25, 0.3) is 0 Å². The molecule has 5 nitrogen and oxygen atoms in total. The monoisotopic (exact) mass is 238 g/mol. The molecule has 0 aromatic carbocycles. The maximum atomic E-state index is 6.29. The van der Waals surface area contributed by atoms with Gasteiger partial charge in [-0.15, -0.1) is 0 Å². The molecule has 0 spiro atoms. The van der Waals surface area contributed by atoms with E-state index in [-0.39, 0.29) is 5.54 Å². The van der Waals surface area contributed by atoms with Crippen molar-refractivity contribution in [2.24, 2.45) is 5.73 Å². The number of hydrogen-bond donors (Lipinski definition) is 1. The zero-order valence-corrected chi connectivity index (χ0v) is 10.8. The highest BCUT2D eigenvalue weighted by molar-refractivity contribution is 5.06. The molecule has 1 heterocycles. The first-order chi connectivity index (χ1) is 8.18. The van der Waals surface area contributed by atoms with Gasteiger partial charge in [0.15, 0.2) is 5.82 Å². The van der Waals surface area contributed by atoms with E-state index in [1.165, 1.54) is 0 Å². The molecule has 0 aliphatic heterocycles. The number of nitrogens with two attached hydrogens (primary N) is 1. The number of aromatic nitrogens is 2. The predicted octanol–water partition coefficient (Wildman–Crippen LogP) is 1.64. The van der Waals surface area contributed by atoms with Gasteiger partial charge < -0.3 is 10.3 Å². The van der Waals surface area contributed by atoms with Crippen LogP contribution in [0.5, 0.6) is 0 Å². The van der Waals surface area contributed by atoms with Crippen LogP contribution in [0.2, 0.25) is 0 Å². The fourth-order valence-electron chi connectivity index (χ4n) is 2.39. The fourth-order valence-corrected chi connectivity index (χ4v) is 2.39. The highest BCUT2D eigenvalue weighted by atomic mass is 16.5. The molecule has 1 aliphatic rings. The summed E-state index contributed by atoms with van der Waals surface area (Å²) in [5.74, 6) is 1.37. The molecule has 1 aliphatic carbocycles. The molecular formula is C12H22N4O. The van der Waals surface area contributed by atoms with Crippen LogP contribution in [-0.4, -0.2) is 28.1 Å². The minimum absolute atomic E-state index is 0.342. The van der Waals surface area contributed by atoms with Gasteiger partial charge in [0.2, 0.25) is 5.89 Å². The number of hydrogen-bond acceptors (Lipinski definition) is 5. The van der Waals surface area contributed by atoms with Crippen molar-refractivity contribution in [3.63, 3.8) is 0 Å². The lowest BCUT2D eigenvalue weighted by molar-refractivity contribution is 0.245. The third kappa shape index (κ3) is 2.66. The maximum absolute atomic E-state index is 6.29.